The van der Waals surface area contributed by atoms with Gasteiger partial charge in [-0.2, -0.15) is 0 Å². The van der Waals surface area contributed by atoms with Gasteiger partial charge in [-0.15, -0.1) is 10.2 Å². The number of halogens is 1. The Hall–Kier alpha value is -3.02. The molecular formula is C20H19FN4O. The summed E-state index contributed by atoms with van der Waals surface area (Å²) < 4.78 is 15.8. The largest absolute Gasteiger partial charge is 0.336 e. The van der Waals surface area contributed by atoms with Crippen LogP contribution >= 0.6 is 0 Å². The van der Waals surface area contributed by atoms with Gasteiger partial charge in [0.2, 0.25) is 0 Å². The molecule has 0 radical (unpaired) electrons. The van der Waals surface area contributed by atoms with Crippen molar-refractivity contribution in [2.45, 2.75) is 19.4 Å². The van der Waals surface area contributed by atoms with Crippen molar-refractivity contribution in [1.29, 1.82) is 0 Å². The number of aromatic nitrogens is 3. The molecule has 0 aliphatic carbocycles. The molecule has 2 heterocycles. The Labute approximate surface area is 151 Å². The molecule has 6 heteroatoms. The number of benzene rings is 2. The highest BCUT2D eigenvalue weighted by atomic mass is 19.1. The summed E-state index contributed by atoms with van der Waals surface area (Å²) in [6.45, 7) is 2.88. The first kappa shape index (κ1) is 16.4. The molecule has 4 rings (SSSR count). The molecule has 1 atom stereocenters. The Morgan fingerprint density at radius 3 is 2.77 bits per heavy atom. The quantitative estimate of drug-likeness (QED) is 0.727. The van der Waals surface area contributed by atoms with E-state index in [1.165, 1.54) is 6.07 Å². The average molecular weight is 350 g/mol. The number of hydrogen-bond acceptors (Lipinski definition) is 3. The molecule has 1 saturated heterocycles. The van der Waals surface area contributed by atoms with Crippen LogP contribution in [0.1, 0.15) is 28.4 Å². The first-order chi connectivity index (χ1) is 12.6. The molecule has 0 bridgehead atoms. The predicted molar refractivity (Wildman–Crippen MR) is 96.2 cm³/mol. The Bertz CT molecular complexity index is 938. The number of likely N-dealkylation sites (tertiary alicyclic amines) is 1. The average Bonchev–Trinajstić information content (AvgIpc) is 3.33. The molecular weight excluding hydrogens is 331 g/mol. The first-order valence-corrected chi connectivity index (χ1v) is 8.64. The van der Waals surface area contributed by atoms with Crippen molar-refractivity contribution < 1.29 is 9.18 Å². The summed E-state index contributed by atoms with van der Waals surface area (Å²) >= 11 is 0. The lowest BCUT2D eigenvalue weighted by Crippen LogP contribution is -2.29. The lowest BCUT2D eigenvalue weighted by Gasteiger charge is -2.18. The maximum atomic E-state index is 13.8. The summed E-state index contributed by atoms with van der Waals surface area (Å²) in [7, 11) is 0. The van der Waals surface area contributed by atoms with E-state index in [0.717, 1.165) is 17.8 Å². The monoisotopic (exact) mass is 350 g/mol. The molecule has 1 amide bonds. The zero-order valence-corrected chi connectivity index (χ0v) is 14.5. The molecule has 0 spiro atoms. The molecule has 1 unspecified atom stereocenters. The number of nitrogens with zero attached hydrogens (tertiary/aromatic N) is 4. The molecule has 3 aromatic rings. The smallest absolute Gasteiger partial charge is 0.254 e. The second kappa shape index (κ2) is 6.71. The highest BCUT2D eigenvalue weighted by molar-refractivity contribution is 5.94. The van der Waals surface area contributed by atoms with E-state index in [9.17, 15) is 9.18 Å². The third-order valence-corrected chi connectivity index (χ3v) is 4.87. The van der Waals surface area contributed by atoms with Crippen molar-refractivity contribution in [2.75, 3.05) is 13.1 Å². The number of amides is 1. The summed E-state index contributed by atoms with van der Waals surface area (Å²) in [6.07, 6.45) is 2.53. The minimum atomic E-state index is -0.350. The fourth-order valence-corrected chi connectivity index (χ4v) is 3.37. The van der Waals surface area contributed by atoms with E-state index < -0.39 is 0 Å². The van der Waals surface area contributed by atoms with Gasteiger partial charge in [-0.05, 0) is 31.0 Å². The zero-order valence-electron chi connectivity index (χ0n) is 14.5. The summed E-state index contributed by atoms with van der Waals surface area (Å²) in [6, 6.07) is 14.6. The van der Waals surface area contributed by atoms with Crippen molar-refractivity contribution in [3.05, 3.63) is 71.8 Å². The maximum Gasteiger partial charge on any atom is 0.254 e. The van der Waals surface area contributed by atoms with Crippen molar-refractivity contribution in [3.63, 3.8) is 0 Å². The fraction of sp³-hybridized carbons (Fsp3) is 0.250. The lowest BCUT2D eigenvalue weighted by molar-refractivity contribution is 0.0787. The lowest BCUT2D eigenvalue weighted by atomic mass is 10.1. The summed E-state index contributed by atoms with van der Waals surface area (Å²) in [5, 5.41) is 8.29. The van der Waals surface area contributed by atoms with E-state index in [-0.39, 0.29) is 17.8 Å². The van der Waals surface area contributed by atoms with Crippen LogP contribution in [0.4, 0.5) is 4.39 Å². The second-order valence-corrected chi connectivity index (χ2v) is 6.59. The van der Waals surface area contributed by atoms with Gasteiger partial charge in [0.25, 0.3) is 5.91 Å². The predicted octanol–water partition coefficient (Wildman–Crippen LogP) is 3.48. The van der Waals surface area contributed by atoms with E-state index >= 15 is 0 Å². The zero-order chi connectivity index (χ0) is 18.1. The van der Waals surface area contributed by atoms with E-state index in [1.54, 1.807) is 30.3 Å². The molecule has 1 fully saturated rings. The standard InChI is InChI=1S/C20H19FN4O/c1-14-7-8-16(11-18(14)21)20(26)24-10-9-17(12-24)25-13-22-23-19(25)15-5-3-2-4-6-15/h2-8,11,13,17H,9-10,12H2,1H3. The number of rotatable bonds is 3. The van der Waals surface area contributed by atoms with Crippen LogP contribution in [0.25, 0.3) is 11.4 Å². The molecule has 1 aliphatic heterocycles. The van der Waals surface area contributed by atoms with E-state index in [0.29, 0.717) is 24.2 Å². The number of aryl methyl sites for hydroxylation is 1. The SMILES string of the molecule is Cc1ccc(C(=O)N2CCC(n3cnnc3-c3ccccc3)C2)cc1F. The highest BCUT2D eigenvalue weighted by Gasteiger charge is 2.29. The second-order valence-electron chi connectivity index (χ2n) is 6.59. The van der Waals surface area contributed by atoms with E-state index in [1.807, 2.05) is 34.9 Å². The molecule has 1 aliphatic rings. The van der Waals surface area contributed by atoms with Crippen LogP contribution in [0.3, 0.4) is 0 Å². The third-order valence-electron chi connectivity index (χ3n) is 4.87. The van der Waals surface area contributed by atoms with Crippen molar-refractivity contribution in [3.8, 4) is 11.4 Å². The minimum absolute atomic E-state index is 0.111. The maximum absolute atomic E-state index is 13.8. The van der Waals surface area contributed by atoms with Crippen LogP contribution < -0.4 is 0 Å². The van der Waals surface area contributed by atoms with Gasteiger partial charge in [-0.25, -0.2) is 4.39 Å². The molecule has 26 heavy (non-hydrogen) atoms. The van der Waals surface area contributed by atoms with Crippen LogP contribution in [0.5, 0.6) is 0 Å². The third kappa shape index (κ3) is 2.98. The Balaban J connectivity index is 1.54. The van der Waals surface area contributed by atoms with Crippen LogP contribution in [0, 0.1) is 12.7 Å². The number of carbonyl (C=O) groups excluding carboxylic acids is 1. The number of hydrogen-bond donors (Lipinski definition) is 0. The van der Waals surface area contributed by atoms with Gasteiger partial charge in [-0.1, -0.05) is 36.4 Å². The molecule has 0 saturated carbocycles. The van der Waals surface area contributed by atoms with E-state index in [2.05, 4.69) is 10.2 Å². The normalized spacial score (nSPS) is 16.8. The number of carbonyl (C=O) groups is 1. The van der Waals surface area contributed by atoms with Gasteiger partial charge in [0.15, 0.2) is 5.82 Å². The fourth-order valence-electron chi connectivity index (χ4n) is 3.37. The van der Waals surface area contributed by atoms with E-state index in [4.69, 9.17) is 0 Å². The first-order valence-electron chi connectivity index (χ1n) is 8.64. The van der Waals surface area contributed by atoms with Gasteiger partial charge in [-0.3, -0.25) is 4.79 Å². The minimum Gasteiger partial charge on any atom is -0.336 e. The summed E-state index contributed by atoms with van der Waals surface area (Å²) in [5.41, 5.74) is 1.93. The topological polar surface area (TPSA) is 51.0 Å². The van der Waals surface area contributed by atoms with Crippen molar-refractivity contribution >= 4 is 5.91 Å². The molecule has 2 aromatic carbocycles. The van der Waals surface area contributed by atoms with Crippen molar-refractivity contribution in [1.82, 2.24) is 19.7 Å². The van der Waals surface area contributed by atoms with Gasteiger partial charge in [0.1, 0.15) is 12.1 Å². The van der Waals surface area contributed by atoms with Gasteiger partial charge in [0.05, 0.1) is 6.04 Å². The summed E-state index contributed by atoms with van der Waals surface area (Å²) in [4.78, 5) is 14.5. The van der Waals surface area contributed by atoms with Gasteiger partial charge < -0.3 is 9.47 Å². The summed E-state index contributed by atoms with van der Waals surface area (Å²) in [5.74, 6) is 0.309. The van der Waals surface area contributed by atoms with Crippen LogP contribution in [-0.2, 0) is 0 Å². The Morgan fingerprint density at radius 1 is 1.19 bits per heavy atom. The van der Waals surface area contributed by atoms with Crippen LogP contribution in [-0.4, -0.2) is 38.7 Å². The van der Waals surface area contributed by atoms with Gasteiger partial charge in [0, 0.05) is 24.2 Å². The van der Waals surface area contributed by atoms with Crippen LogP contribution in [0.2, 0.25) is 0 Å². The Morgan fingerprint density at radius 2 is 2.00 bits per heavy atom. The van der Waals surface area contributed by atoms with Crippen LogP contribution in [0.15, 0.2) is 54.9 Å². The molecule has 0 N–H and O–H groups in total. The molecule has 5 nitrogen and oxygen atoms in total. The molecule has 132 valence electrons. The van der Waals surface area contributed by atoms with Crippen molar-refractivity contribution in [2.24, 2.45) is 0 Å². The highest BCUT2D eigenvalue weighted by Crippen LogP contribution is 2.28. The molecule has 1 aromatic heterocycles. The van der Waals surface area contributed by atoms with Gasteiger partial charge >= 0.3 is 0 Å². The Kier molecular flexibility index (Phi) is 4.24.